The Kier molecular flexibility index (Phi) is 5.74. The normalized spacial score (nSPS) is 12.8. The van der Waals surface area contributed by atoms with Crippen LogP contribution in [0.25, 0.3) is 0 Å². The first-order valence-corrected chi connectivity index (χ1v) is 7.33. The summed E-state index contributed by atoms with van der Waals surface area (Å²) < 4.78 is 2.21. The predicted molar refractivity (Wildman–Crippen MR) is 73.3 cm³/mol. The third-order valence-corrected chi connectivity index (χ3v) is 3.32. The molecule has 0 saturated heterocycles. The largest absolute Gasteiger partial charge is 0.355 e. The fourth-order valence-corrected chi connectivity index (χ4v) is 2.40. The number of nitrogens with zero attached hydrogens (tertiary/aromatic N) is 2. The maximum atomic E-state index is 4.51. The molecule has 1 N–H and O–H groups in total. The number of thioether (sulfide) groups is 1. The monoisotopic (exact) mass is 241 g/mol. The van der Waals surface area contributed by atoms with Crippen molar-refractivity contribution in [3.05, 3.63) is 11.9 Å². The number of imidazole rings is 1. The lowest BCUT2D eigenvalue weighted by molar-refractivity contribution is 0.659. The van der Waals surface area contributed by atoms with Crippen molar-refractivity contribution in [2.45, 2.75) is 33.7 Å². The summed E-state index contributed by atoms with van der Waals surface area (Å²) in [5, 5.41) is 3.44. The quantitative estimate of drug-likeness (QED) is 0.796. The zero-order chi connectivity index (χ0) is 12.0. The van der Waals surface area contributed by atoms with Crippen molar-refractivity contribution < 1.29 is 0 Å². The van der Waals surface area contributed by atoms with Gasteiger partial charge in [0.25, 0.3) is 0 Å². The molecule has 4 heteroatoms. The lowest BCUT2D eigenvalue weighted by Gasteiger charge is -2.12. The summed E-state index contributed by atoms with van der Waals surface area (Å²) in [5.74, 6) is 2.90. The Morgan fingerprint density at radius 1 is 1.56 bits per heavy atom. The Bertz CT molecular complexity index is 309. The Balaban J connectivity index is 2.51. The standard InChI is InChI=1S/C12H23N3S/c1-5-6-15-8-11(3)14-12(15)13-7-10(2)9-16-4/h8,10H,5-7,9H2,1-4H3,(H,13,14). The molecule has 1 aromatic rings. The average molecular weight is 241 g/mol. The highest BCUT2D eigenvalue weighted by molar-refractivity contribution is 7.98. The van der Waals surface area contributed by atoms with Crippen LogP contribution in [0.4, 0.5) is 5.95 Å². The fraction of sp³-hybridized carbons (Fsp3) is 0.750. The van der Waals surface area contributed by atoms with Gasteiger partial charge in [0, 0.05) is 19.3 Å². The van der Waals surface area contributed by atoms with Gasteiger partial charge in [-0.1, -0.05) is 13.8 Å². The van der Waals surface area contributed by atoms with E-state index in [-0.39, 0.29) is 0 Å². The number of aryl methyl sites for hydroxylation is 2. The average Bonchev–Trinajstić information content (AvgIpc) is 2.57. The van der Waals surface area contributed by atoms with Crippen LogP contribution in [0, 0.1) is 12.8 Å². The highest BCUT2D eigenvalue weighted by Crippen LogP contribution is 2.11. The summed E-state index contributed by atoms with van der Waals surface area (Å²) in [6.45, 7) is 8.54. The zero-order valence-electron chi connectivity index (χ0n) is 10.8. The second kappa shape index (κ2) is 6.84. The van der Waals surface area contributed by atoms with E-state index >= 15 is 0 Å². The minimum absolute atomic E-state index is 0.682. The second-order valence-electron chi connectivity index (χ2n) is 4.34. The molecule has 3 nitrogen and oxygen atoms in total. The van der Waals surface area contributed by atoms with Crippen LogP contribution in [0.1, 0.15) is 26.0 Å². The molecule has 0 bridgehead atoms. The van der Waals surface area contributed by atoms with E-state index in [1.54, 1.807) is 0 Å². The molecular formula is C12H23N3S. The van der Waals surface area contributed by atoms with E-state index in [1.165, 1.54) is 5.75 Å². The molecule has 1 unspecified atom stereocenters. The predicted octanol–water partition coefficient (Wildman–Crippen LogP) is 3.01. The van der Waals surface area contributed by atoms with Crippen molar-refractivity contribution in [1.82, 2.24) is 9.55 Å². The van der Waals surface area contributed by atoms with E-state index in [1.807, 2.05) is 18.7 Å². The Morgan fingerprint density at radius 3 is 2.94 bits per heavy atom. The van der Waals surface area contributed by atoms with Crippen LogP contribution in [0.2, 0.25) is 0 Å². The summed E-state index contributed by atoms with van der Waals surface area (Å²) in [5.41, 5.74) is 1.09. The van der Waals surface area contributed by atoms with Crippen LogP contribution in [-0.4, -0.2) is 28.1 Å². The number of anilines is 1. The van der Waals surface area contributed by atoms with Crippen LogP contribution < -0.4 is 5.32 Å². The molecule has 0 spiro atoms. The third-order valence-electron chi connectivity index (χ3n) is 2.42. The van der Waals surface area contributed by atoms with Gasteiger partial charge < -0.3 is 9.88 Å². The van der Waals surface area contributed by atoms with Crippen LogP contribution in [-0.2, 0) is 6.54 Å². The maximum Gasteiger partial charge on any atom is 0.203 e. The maximum absolute atomic E-state index is 4.51. The minimum atomic E-state index is 0.682. The number of hydrogen-bond acceptors (Lipinski definition) is 3. The minimum Gasteiger partial charge on any atom is -0.355 e. The van der Waals surface area contributed by atoms with Gasteiger partial charge in [0.1, 0.15) is 0 Å². The molecule has 0 aliphatic rings. The summed E-state index contributed by atoms with van der Waals surface area (Å²) in [7, 11) is 0. The van der Waals surface area contributed by atoms with Gasteiger partial charge in [-0.15, -0.1) is 0 Å². The molecule has 92 valence electrons. The van der Waals surface area contributed by atoms with Gasteiger partial charge in [-0.25, -0.2) is 4.98 Å². The molecule has 0 aliphatic heterocycles. The van der Waals surface area contributed by atoms with Gasteiger partial charge >= 0.3 is 0 Å². The molecule has 0 aromatic carbocycles. The van der Waals surface area contributed by atoms with Crippen molar-refractivity contribution in [2.75, 3.05) is 23.9 Å². The second-order valence-corrected chi connectivity index (χ2v) is 5.25. The van der Waals surface area contributed by atoms with Crippen molar-refractivity contribution >= 4 is 17.7 Å². The van der Waals surface area contributed by atoms with Gasteiger partial charge in [0.2, 0.25) is 5.95 Å². The van der Waals surface area contributed by atoms with Gasteiger partial charge in [-0.05, 0) is 31.3 Å². The van der Waals surface area contributed by atoms with Crippen LogP contribution in [0.5, 0.6) is 0 Å². The van der Waals surface area contributed by atoms with Crippen LogP contribution >= 0.6 is 11.8 Å². The van der Waals surface area contributed by atoms with E-state index in [0.717, 1.165) is 31.2 Å². The van der Waals surface area contributed by atoms with Gasteiger partial charge in [-0.2, -0.15) is 11.8 Å². The van der Waals surface area contributed by atoms with Gasteiger partial charge in [0.15, 0.2) is 0 Å². The molecule has 0 fully saturated rings. The van der Waals surface area contributed by atoms with Crippen molar-refractivity contribution in [2.24, 2.45) is 5.92 Å². The topological polar surface area (TPSA) is 29.9 Å². The van der Waals surface area contributed by atoms with Gasteiger partial charge in [0.05, 0.1) is 5.69 Å². The van der Waals surface area contributed by atoms with E-state index in [2.05, 4.69) is 41.2 Å². The van der Waals surface area contributed by atoms with Crippen molar-refractivity contribution in [3.8, 4) is 0 Å². The Labute approximate surface area is 103 Å². The summed E-state index contributed by atoms with van der Waals surface area (Å²) in [6, 6.07) is 0. The van der Waals surface area contributed by atoms with Crippen LogP contribution in [0.15, 0.2) is 6.20 Å². The molecule has 1 aromatic heterocycles. The lowest BCUT2D eigenvalue weighted by atomic mass is 10.2. The van der Waals surface area contributed by atoms with E-state index in [0.29, 0.717) is 5.92 Å². The molecule has 0 amide bonds. The van der Waals surface area contributed by atoms with Crippen molar-refractivity contribution in [1.29, 1.82) is 0 Å². The first-order chi connectivity index (χ1) is 7.67. The number of aromatic nitrogens is 2. The molecule has 0 radical (unpaired) electrons. The molecular weight excluding hydrogens is 218 g/mol. The Morgan fingerprint density at radius 2 is 2.31 bits per heavy atom. The number of rotatable bonds is 7. The van der Waals surface area contributed by atoms with Crippen molar-refractivity contribution in [3.63, 3.8) is 0 Å². The smallest absolute Gasteiger partial charge is 0.203 e. The molecule has 1 rings (SSSR count). The van der Waals surface area contributed by atoms with Gasteiger partial charge in [-0.3, -0.25) is 0 Å². The summed E-state index contributed by atoms with van der Waals surface area (Å²) in [6.07, 6.45) is 5.41. The Hall–Kier alpha value is -0.640. The zero-order valence-corrected chi connectivity index (χ0v) is 11.6. The summed E-state index contributed by atoms with van der Waals surface area (Å²) >= 11 is 1.90. The molecule has 0 saturated carbocycles. The lowest BCUT2D eigenvalue weighted by Crippen LogP contribution is -2.16. The van der Waals surface area contributed by atoms with E-state index in [9.17, 15) is 0 Å². The fourth-order valence-electron chi connectivity index (χ4n) is 1.71. The molecule has 16 heavy (non-hydrogen) atoms. The first-order valence-electron chi connectivity index (χ1n) is 5.94. The van der Waals surface area contributed by atoms with Crippen LogP contribution in [0.3, 0.4) is 0 Å². The number of nitrogens with one attached hydrogen (secondary N) is 1. The third kappa shape index (κ3) is 4.08. The van der Waals surface area contributed by atoms with E-state index in [4.69, 9.17) is 0 Å². The van der Waals surface area contributed by atoms with E-state index < -0.39 is 0 Å². The first kappa shape index (κ1) is 13.4. The SMILES string of the molecule is CCCn1cc(C)nc1NCC(C)CSC. The molecule has 1 atom stereocenters. The molecule has 0 aliphatic carbocycles. The molecule has 1 heterocycles. The highest BCUT2D eigenvalue weighted by Gasteiger charge is 2.06. The summed E-state index contributed by atoms with van der Waals surface area (Å²) in [4.78, 5) is 4.51. The highest BCUT2D eigenvalue weighted by atomic mass is 32.2. The number of hydrogen-bond donors (Lipinski definition) is 1.